The molecule has 3 heteroatoms. The Morgan fingerprint density at radius 3 is 2.57 bits per heavy atom. The second-order valence-corrected chi connectivity index (χ2v) is 8.94. The quantitative estimate of drug-likeness (QED) is 0.849. The van der Waals surface area contributed by atoms with Gasteiger partial charge in [-0.1, -0.05) is 20.8 Å². The minimum atomic E-state index is 0.268. The van der Waals surface area contributed by atoms with Crippen LogP contribution in [0, 0.1) is 17.3 Å². The average Bonchev–Trinajstić information content (AvgIpc) is 2.68. The van der Waals surface area contributed by atoms with Crippen LogP contribution in [0.4, 0.5) is 0 Å². The van der Waals surface area contributed by atoms with Gasteiger partial charge in [-0.2, -0.15) is 0 Å². The van der Waals surface area contributed by atoms with E-state index in [1.54, 1.807) is 0 Å². The van der Waals surface area contributed by atoms with Crippen LogP contribution >= 0.6 is 0 Å². The Kier molecular flexibility index (Phi) is 4.13. The second kappa shape index (κ2) is 5.50. The highest BCUT2D eigenvalue weighted by Gasteiger charge is 2.52. The molecular formula is C18H35N3. The Balaban J connectivity index is 1.77. The van der Waals surface area contributed by atoms with Crippen molar-refractivity contribution in [1.29, 1.82) is 0 Å². The van der Waals surface area contributed by atoms with Gasteiger partial charge >= 0.3 is 0 Å². The Morgan fingerprint density at radius 2 is 1.95 bits per heavy atom. The van der Waals surface area contributed by atoms with E-state index in [0.717, 1.165) is 24.4 Å². The zero-order valence-electron chi connectivity index (χ0n) is 14.6. The predicted molar refractivity (Wildman–Crippen MR) is 89.3 cm³/mol. The maximum absolute atomic E-state index is 6.35. The number of piperidine rings is 2. The fraction of sp³-hybridized carbons (Fsp3) is 1.00. The lowest BCUT2D eigenvalue weighted by atomic mass is 9.78. The normalized spacial score (nSPS) is 44.7. The van der Waals surface area contributed by atoms with Gasteiger partial charge in [0.15, 0.2) is 0 Å². The Morgan fingerprint density at radius 1 is 1.19 bits per heavy atom. The van der Waals surface area contributed by atoms with E-state index < -0.39 is 0 Å². The predicted octanol–water partition coefficient (Wildman–Crippen LogP) is 2.56. The van der Waals surface area contributed by atoms with Crippen LogP contribution in [-0.4, -0.2) is 54.6 Å². The molecule has 1 saturated carbocycles. The summed E-state index contributed by atoms with van der Waals surface area (Å²) < 4.78 is 0. The maximum Gasteiger partial charge on any atom is 0.0362 e. The summed E-state index contributed by atoms with van der Waals surface area (Å²) in [7, 11) is 2.33. The summed E-state index contributed by atoms with van der Waals surface area (Å²) in [6.07, 6.45) is 6.75. The first-order chi connectivity index (χ1) is 9.88. The molecule has 122 valence electrons. The lowest BCUT2D eigenvalue weighted by Crippen LogP contribution is -2.63. The zero-order chi connectivity index (χ0) is 15.3. The van der Waals surface area contributed by atoms with Crippen LogP contribution in [-0.2, 0) is 0 Å². The molecule has 2 heterocycles. The summed E-state index contributed by atoms with van der Waals surface area (Å²) in [5.41, 5.74) is 7.08. The topological polar surface area (TPSA) is 32.5 Å². The van der Waals surface area contributed by atoms with Crippen molar-refractivity contribution in [1.82, 2.24) is 9.80 Å². The Bertz CT molecular complexity index is 381. The highest BCUT2D eigenvalue weighted by Crippen LogP contribution is 2.51. The SMILES string of the molecule is CC1CC(C)(C)CC1(CN)N1CCC2C(CCCN2C)C1. The van der Waals surface area contributed by atoms with Crippen molar-refractivity contribution in [2.45, 2.75) is 64.5 Å². The van der Waals surface area contributed by atoms with Crippen molar-refractivity contribution < 1.29 is 0 Å². The maximum atomic E-state index is 6.35. The molecular weight excluding hydrogens is 258 g/mol. The van der Waals surface area contributed by atoms with Crippen molar-refractivity contribution >= 4 is 0 Å². The largest absolute Gasteiger partial charge is 0.329 e. The van der Waals surface area contributed by atoms with Crippen LogP contribution in [0.3, 0.4) is 0 Å². The van der Waals surface area contributed by atoms with Gasteiger partial charge in [0.05, 0.1) is 0 Å². The number of fused-ring (bicyclic) bond motifs is 1. The summed E-state index contributed by atoms with van der Waals surface area (Å²) in [4.78, 5) is 5.43. The summed E-state index contributed by atoms with van der Waals surface area (Å²) in [6, 6.07) is 0.828. The number of rotatable bonds is 2. The highest BCUT2D eigenvalue weighted by molar-refractivity contribution is 5.08. The van der Waals surface area contributed by atoms with Gasteiger partial charge in [-0.15, -0.1) is 0 Å². The lowest BCUT2D eigenvalue weighted by molar-refractivity contribution is -0.0286. The van der Waals surface area contributed by atoms with Gasteiger partial charge in [-0.25, -0.2) is 0 Å². The molecule has 3 rings (SSSR count). The minimum Gasteiger partial charge on any atom is -0.329 e. The molecule has 0 aromatic carbocycles. The number of hydrogen-bond donors (Lipinski definition) is 1. The molecule has 1 aliphatic carbocycles. The van der Waals surface area contributed by atoms with Gasteiger partial charge in [0.2, 0.25) is 0 Å². The van der Waals surface area contributed by atoms with Gasteiger partial charge in [-0.05, 0) is 62.9 Å². The lowest BCUT2D eigenvalue weighted by Gasteiger charge is -2.53. The van der Waals surface area contributed by atoms with E-state index >= 15 is 0 Å². The second-order valence-electron chi connectivity index (χ2n) is 8.94. The van der Waals surface area contributed by atoms with Crippen LogP contribution in [0.15, 0.2) is 0 Å². The zero-order valence-corrected chi connectivity index (χ0v) is 14.6. The monoisotopic (exact) mass is 293 g/mol. The molecule has 3 fully saturated rings. The van der Waals surface area contributed by atoms with Crippen molar-refractivity contribution in [3.05, 3.63) is 0 Å². The molecule has 2 aliphatic heterocycles. The average molecular weight is 293 g/mol. The molecule has 0 radical (unpaired) electrons. The fourth-order valence-electron chi connectivity index (χ4n) is 5.98. The molecule has 0 aromatic rings. The fourth-order valence-corrected chi connectivity index (χ4v) is 5.98. The number of nitrogens with zero attached hydrogens (tertiary/aromatic N) is 2. The van der Waals surface area contributed by atoms with Gasteiger partial charge in [0, 0.05) is 31.2 Å². The van der Waals surface area contributed by atoms with E-state index in [-0.39, 0.29) is 5.54 Å². The van der Waals surface area contributed by atoms with Crippen LogP contribution in [0.5, 0.6) is 0 Å². The third-order valence-corrected chi connectivity index (χ3v) is 6.89. The highest BCUT2D eigenvalue weighted by atomic mass is 15.3. The smallest absolute Gasteiger partial charge is 0.0362 e. The summed E-state index contributed by atoms with van der Waals surface area (Å²) >= 11 is 0. The summed E-state index contributed by atoms with van der Waals surface area (Å²) in [5, 5.41) is 0. The van der Waals surface area contributed by atoms with Crippen LogP contribution in [0.1, 0.15) is 52.9 Å². The van der Waals surface area contributed by atoms with Gasteiger partial charge < -0.3 is 10.6 Å². The minimum absolute atomic E-state index is 0.268. The number of nitrogens with two attached hydrogens (primary N) is 1. The van der Waals surface area contributed by atoms with Crippen molar-refractivity contribution in [3.63, 3.8) is 0 Å². The number of likely N-dealkylation sites (tertiary alicyclic amines) is 2. The molecule has 3 nitrogen and oxygen atoms in total. The van der Waals surface area contributed by atoms with Crippen LogP contribution < -0.4 is 5.73 Å². The van der Waals surface area contributed by atoms with Gasteiger partial charge in [0.1, 0.15) is 0 Å². The van der Waals surface area contributed by atoms with Crippen LogP contribution in [0.25, 0.3) is 0 Å². The molecule has 0 bridgehead atoms. The van der Waals surface area contributed by atoms with E-state index in [4.69, 9.17) is 5.73 Å². The van der Waals surface area contributed by atoms with E-state index in [9.17, 15) is 0 Å². The van der Waals surface area contributed by atoms with Crippen molar-refractivity contribution in [3.8, 4) is 0 Å². The Hall–Kier alpha value is -0.120. The molecule has 2 N–H and O–H groups in total. The molecule has 4 unspecified atom stereocenters. The molecule has 21 heavy (non-hydrogen) atoms. The van der Waals surface area contributed by atoms with Gasteiger partial charge in [-0.3, -0.25) is 4.90 Å². The van der Waals surface area contributed by atoms with E-state index in [1.165, 1.54) is 51.7 Å². The third-order valence-electron chi connectivity index (χ3n) is 6.89. The first-order valence-electron chi connectivity index (χ1n) is 9.03. The Labute approximate surface area is 131 Å². The third kappa shape index (κ3) is 2.66. The molecule has 4 atom stereocenters. The van der Waals surface area contributed by atoms with Crippen LogP contribution in [0.2, 0.25) is 0 Å². The summed E-state index contributed by atoms with van der Waals surface area (Å²) in [6.45, 7) is 12.0. The molecule has 0 spiro atoms. The van der Waals surface area contributed by atoms with Crippen molar-refractivity contribution in [2.75, 3.05) is 33.2 Å². The summed E-state index contributed by atoms with van der Waals surface area (Å²) in [5.74, 6) is 1.60. The standard InChI is InChI=1S/C18H35N3/c1-14-10-17(2,3)12-18(14,13-19)21-9-7-16-15(11-21)6-5-8-20(16)4/h14-16H,5-13,19H2,1-4H3. The number of hydrogen-bond acceptors (Lipinski definition) is 3. The molecule has 3 aliphatic rings. The first kappa shape index (κ1) is 15.8. The molecule has 2 saturated heterocycles. The van der Waals surface area contributed by atoms with E-state index in [1.807, 2.05) is 0 Å². The van der Waals surface area contributed by atoms with Gasteiger partial charge in [0.25, 0.3) is 0 Å². The van der Waals surface area contributed by atoms with E-state index in [2.05, 4.69) is 37.6 Å². The molecule has 0 amide bonds. The van der Waals surface area contributed by atoms with Crippen molar-refractivity contribution in [2.24, 2.45) is 23.0 Å². The molecule has 0 aromatic heterocycles. The first-order valence-corrected chi connectivity index (χ1v) is 9.03. The van der Waals surface area contributed by atoms with E-state index in [0.29, 0.717) is 5.41 Å².